The first-order valence-electron chi connectivity index (χ1n) is 4.21. The topological polar surface area (TPSA) is 76.2 Å². The van der Waals surface area contributed by atoms with E-state index in [4.69, 9.17) is 9.52 Å². The summed E-state index contributed by atoms with van der Waals surface area (Å²) in [5, 5.41) is 15.6. The van der Waals surface area contributed by atoms with Crippen molar-refractivity contribution in [3.8, 4) is 0 Å². The van der Waals surface area contributed by atoms with E-state index in [1.807, 2.05) is 13.8 Å². The Morgan fingerprint density at radius 2 is 2.31 bits per heavy atom. The lowest BCUT2D eigenvalue weighted by atomic mass is 10.1. The molecule has 0 bridgehead atoms. The van der Waals surface area contributed by atoms with Crippen LogP contribution in [0.4, 0.5) is 0 Å². The van der Waals surface area contributed by atoms with Crippen molar-refractivity contribution >= 4 is 5.97 Å². The van der Waals surface area contributed by atoms with Gasteiger partial charge in [0.2, 0.25) is 5.89 Å². The normalized spacial score (nSPS) is 12.8. The summed E-state index contributed by atoms with van der Waals surface area (Å²) in [4.78, 5) is 10.4. The van der Waals surface area contributed by atoms with E-state index >= 15 is 0 Å². The second-order valence-electron chi connectivity index (χ2n) is 2.94. The summed E-state index contributed by atoms with van der Waals surface area (Å²) in [6.45, 7) is 3.98. The van der Waals surface area contributed by atoms with Gasteiger partial charge in [-0.3, -0.25) is 0 Å². The summed E-state index contributed by atoms with van der Waals surface area (Å²) in [5.74, 6) is -0.981. The first-order valence-corrected chi connectivity index (χ1v) is 4.21. The smallest absolute Gasteiger partial charge is 0.393 e. The Kier molecular flexibility index (Phi) is 3.00. The Bertz CT molecular complexity index is 295. The van der Waals surface area contributed by atoms with E-state index in [-0.39, 0.29) is 11.8 Å². The molecule has 1 heterocycles. The third kappa shape index (κ3) is 2.27. The van der Waals surface area contributed by atoms with Crippen molar-refractivity contribution in [2.45, 2.75) is 32.6 Å². The Morgan fingerprint density at radius 1 is 1.62 bits per heavy atom. The maximum absolute atomic E-state index is 10.4. The molecule has 0 aliphatic carbocycles. The predicted octanol–water partition coefficient (Wildman–Crippen LogP) is 1.67. The highest BCUT2D eigenvalue weighted by molar-refractivity contribution is 5.81. The van der Waals surface area contributed by atoms with Crippen LogP contribution < -0.4 is 0 Å². The monoisotopic (exact) mass is 184 g/mol. The molecule has 1 atom stereocenters. The fraction of sp³-hybridized carbons (Fsp3) is 0.625. The molecule has 0 aromatic carbocycles. The molecular formula is C8H12N2O3. The lowest BCUT2D eigenvalue weighted by Gasteiger charge is -2.01. The number of carbonyl (C=O) groups is 1. The second kappa shape index (κ2) is 4.02. The number of hydrogen-bond acceptors (Lipinski definition) is 4. The number of nitrogens with zero attached hydrogens (tertiary/aromatic N) is 2. The van der Waals surface area contributed by atoms with E-state index in [0.717, 1.165) is 12.8 Å². The van der Waals surface area contributed by atoms with E-state index in [0.29, 0.717) is 5.89 Å². The summed E-state index contributed by atoms with van der Waals surface area (Å²) in [7, 11) is 0. The van der Waals surface area contributed by atoms with E-state index in [1.165, 1.54) is 0 Å². The van der Waals surface area contributed by atoms with Crippen molar-refractivity contribution < 1.29 is 14.3 Å². The lowest BCUT2D eigenvalue weighted by molar-refractivity contribution is 0.0651. The minimum absolute atomic E-state index is 0.130. The average Bonchev–Trinajstić information content (AvgIpc) is 2.52. The first-order chi connectivity index (χ1) is 6.15. The van der Waals surface area contributed by atoms with Gasteiger partial charge >= 0.3 is 11.9 Å². The fourth-order valence-corrected chi connectivity index (χ4v) is 1.08. The lowest BCUT2D eigenvalue weighted by Crippen LogP contribution is -1.95. The number of aromatic nitrogens is 2. The molecule has 0 fully saturated rings. The van der Waals surface area contributed by atoms with Crippen molar-refractivity contribution in [3.63, 3.8) is 0 Å². The molecule has 5 nitrogen and oxygen atoms in total. The average molecular weight is 184 g/mol. The van der Waals surface area contributed by atoms with E-state index in [2.05, 4.69) is 10.2 Å². The zero-order chi connectivity index (χ0) is 9.84. The zero-order valence-corrected chi connectivity index (χ0v) is 7.65. The molecule has 0 saturated heterocycles. The summed E-state index contributed by atoms with van der Waals surface area (Å²) >= 11 is 0. The van der Waals surface area contributed by atoms with Gasteiger partial charge in [-0.1, -0.05) is 20.3 Å². The van der Waals surface area contributed by atoms with Crippen LogP contribution in [-0.4, -0.2) is 21.3 Å². The molecule has 72 valence electrons. The standard InChI is InChI=1S/C8H12N2O3/c1-3-4-5(2)6-9-10-7(13-6)8(11)12/h5H,3-4H2,1-2H3,(H,11,12). The number of carboxylic acid groups (broad SMARTS) is 1. The largest absolute Gasteiger partial charge is 0.474 e. The van der Waals surface area contributed by atoms with E-state index in [9.17, 15) is 4.79 Å². The van der Waals surface area contributed by atoms with Gasteiger partial charge < -0.3 is 9.52 Å². The molecular weight excluding hydrogens is 172 g/mol. The Hall–Kier alpha value is -1.39. The Labute approximate surface area is 75.8 Å². The van der Waals surface area contributed by atoms with Gasteiger partial charge in [-0.2, -0.15) is 0 Å². The molecule has 1 aromatic rings. The molecule has 13 heavy (non-hydrogen) atoms. The molecule has 1 aromatic heterocycles. The number of carboxylic acids is 1. The highest BCUT2D eigenvalue weighted by Gasteiger charge is 2.16. The van der Waals surface area contributed by atoms with Gasteiger partial charge in [-0.05, 0) is 6.42 Å². The zero-order valence-electron chi connectivity index (χ0n) is 7.65. The quantitative estimate of drug-likeness (QED) is 0.770. The molecule has 5 heteroatoms. The third-order valence-corrected chi connectivity index (χ3v) is 1.77. The molecule has 1 N–H and O–H groups in total. The van der Waals surface area contributed by atoms with E-state index in [1.54, 1.807) is 0 Å². The molecule has 0 amide bonds. The molecule has 0 saturated carbocycles. The highest BCUT2D eigenvalue weighted by Crippen LogP contribution is 2.18. The Balaban J connectivity index is 2.73. The summed E-state index contributed by atoms with van der Waals surface area (Å²) < 4.78 is 4.94. The van der Waals surface area contributed by atoms with Gasteiger partial charge in [0, 0.05) is 5.92 Å². The number of hydrogen-bond donors (Lipinski definition) is 1. The molecule has 1 unspecified atom stereocenters. The maximum Gasteiger partial charge on any atom is 0.393 e. The highest BCUT2D eigenvalue weighted by atomic mass is 16.4. The Morgan fingerprint density at radius 3 is 2.77 bits per heavy atom. The molecule has 0 spiro atoms. The van der Waals surface area contributed by atoms with Crippen LogP contribution in [0.1, 0.15) is 49.2 Å². The molecule has 0 aliphatic heterocycles. The van der Waals surface area contributed by atoms with Crippen LogP contribution in [0.3, 0.4) is 0 Å². The van der Waals surface area contributed by atoms with Gasteiger partial charge in [-0.25, -0.2) is 4.79 Å². The van der Waals surface area contributed by atoms with Crippen LogP contribution in [0.5, 0.6) is 0 Å². The van der Waals surface area contributed by atoms with Crippen LogP contribution >= 0.6 is 0 Å². The van der Waals surface area contributed by atoms with Crippen molar-refractivity contribution in [1.82, 2.24) is 10.2 Å². The van der Waals surface area contributed by atoms with Gasteiger partial charge in [0.05, 0.1) is 0 Å². The first kappa shape index (κ1) is 9.70. The SMILES string of the molecule is CCCC(C)c1nnc(C(=O)O)o1. The van der Waals surface area contributed by atoms with Gasteiger partial charge in [0.15, 0.2) is 0 Å². The van der Waals surface area contributed by atoms with Crippen LogP contribution in [0, 0.1) is 0 Å². The maximum atomic E-state index is 10.4. The third-order valence-electron chi connectivity index (χ3n) is 1.77. The van der Waals surface area contributed by atoms with E-state index < -0.39 is 5.97 Å². The van der Waals surface area contributed by atoms with Crippen LogP contribution in [0.25, 0.3) is 0 Å². The van der Waals surface area contributed by atoms with Crippen molar-refractivity contribution in [2.75, 3.05) is 0 Å². The predicted molar refractivity (Wildman–Crippen MR) is 44.6 cm³/mol. The van der Waals surface area contributed by atoms with Crippen molar-refractivity contribution in [1.29, 1.82) is 0 Å². The fourth-order valence-electron chi connectivity index (χ4n) is 1.08. The molecule has 0 radical (unpaired) electrons. The van der Waals surface area contributed by atoms with Crippen LogP contribution in [0.15, 0.2) is 4.42 Å². The van der Waals surface area contributed by atoms with Crippen LogP contribution in [-0.2, 0) is 0 Å². The number of aromatic carboxylic acids is 1. The molecule has 0 aliphatic rings. The number of rotatable bonds is 4. The summed E-state index contributed by atoms with van der Waals surface area (Å²) in [6.07, 6.45) is 1.92. The minimum Gasteiger partial charge on any atom is -0.474 e. The minimum atomic E-state index is -1.18. The summed E-state index contributed by atoms with van der Waals surface area (Å²) in [6, 6.07) is 0. The van der Waals surface area contributed by atoms with Gasteiger partial charge in [0.25, 0.3) is 0 Å². The van der Waals surface area contributed by atoms with Gasteiger partial charge in [-0.15, -0.1) is 10.2 Å². The molecule has 1 rings (SSSR count). The van der Waals surface area contributed by atoms with Crippen LogP contribution in [0.2, 0.25) is 0 Å². The van der Waals surface area contributed by atoms with Crippen molar-refractivity contribution in [2.24, 2.45) is 0 Å². The van der Waals surface area contributed by atoms with Gasteiger partial charge in [0.1, 0.15) is 0 Å². The summed E-state index contributed by atoms with van der Waals surface area (Å²) in [5.41, 5.74) is 0. The van der Waals surface area contributed by atoms with Crippen molar-refractivity contribution in [3.05, 3.63) is 11.8 Å². The second-order valence-corrected chi connectivity index (χ2v) is 2.94.